The first-order valence-electron chi connectivity index (χ1n) is 8.53. The normalized spacial score (nSPS) is 18.8. The number of aryl methyl sites for hydroxylation is 1. The van der Waals surface area contributed by atoms with Gasteiger partial charge in [-0.25, -0.2) is 13.4 Å². The molecule has 0 saturated carbocycles. The maximum atomic E-state index is 12.5. The fraction of sp³-hybridized carbons (Fsp3) is 0.444. The van der Waals surface area contributed by atoms with E-state index in [1.165, 1.54) is 28.7 Å². The Balaban J connectivity index is 1.60. The Morgan fingerprint density at radius 3 is 2.69 bits per heavy atom. The topological polar surface area (TPSA) is 67.3 Å². The zero-order chi connectivity index (χ0) is 18.7. The van der Waals surface area contributed by atoms with Crippen molar-refractivity contribution >= 4 is 38.8 Å². The van der Waals surface area contributed by atoms with Crippen molar-refractivity contribution in [2.75, 3.05) is 23.8 Å². The van der Waals surface area contributed by atoms with Crippen LogP contribution in [0, 0.1) is 6.92 Å². The van der Waals surface area contributed by atoms with Crippen LogP contribution in [0.25, 0.3) is 11.3 Å². The molecule has 1 saturated heterocycles. The summed E-state index contributed by atoms with van der Waals surface area (Å²) in [5, 5.41) is 2.00. The third-order valence-electron chi connectivity index (χ3n) is 4.46. The molecule has 0 aliphatic carbocycles. The predicted octanol–water partition coefficient (Wildman–Crippen LogP) is 3.25. The fourth-order valence-corrected chi connectivity index (χ4v) is 6.50. The number of thiazole rings is 1. The summed E-state index contributed by atoms with van der Waals surface area (Å²) in [4.78, 5) is 18.9. The van der Waals surface area contributed by atoms with E-state index in [1.54, 1.807) is 4.90 Å². The summed E-state index contributed by atoms with van der Waals surface area (Å²) in [5.41, 5.74) is 3.19. The summed E-state index contributed by atoms with van der Waals surface area (Å²) in [5.74, 6) is 0.532. The highest BCUT2D eigenvalue weighted by Gasteiger charge is 2.33. The molecule has 0 spiro atoms. The first-order chi connectivity index (χ1) is 12.4. The van der Waals surface area contributed by atoms with Gasteiger partial charge in [-0.3, -0.25) is 4.79 Å². The van der Waals surface area contributed by atoms with Crippen molar-refractivity contribution in [2.24, 2.45) is 0 Å². The van der Waals surface area contributed by atoms with Gasteiger partial charge in [-0.15, -0.1) is 11.3 Å². The largest absolute Gasteiger partial charge is 0.338 e. The number of carbonyl (C=O) groups is 1. The lowest BCUT2D eigenvalue weighted by molar-refractivity contribution is -0.129. The molecule has 1 aromatic heterocycles. The molecule has 5 nitrogen and oxygen atoms in total. The van der Waals surface area contributed by atoms with Gasteiger partial charge in [-0.1, -0.05) is 41.6 Å². The molecule has 1 aromatic carbocycles. The Bertz CT molecular complexity index is 875. The third-order valence-corrected chi connectivity index (χ3v) is 8.22. The molecule has 2 aromatic rings. The molecule has 2 heterocycles. The Hall–Kier alpha value is -1.38. The van der Waals surface area contributed by atoms with E-state index in [4.69, 9.17) is 0 Å². The van der Waals surface area contributed by atoms with Gasteiger partial charge in [-0.2, -0.15) is 0 Å². The highest BCUT2D eigenvalue weighted by Crippen LogP contribution is 2.29. The Morgan fingerprint density at radius 1 is 1.35 bits per heavy atom. The summed E-state index contributed by atoms with van der Waals surface area (Å²) in [6, 6.07) is 8.02. The summed E-state index contributed by atoms with van der Waals surface area (Å²) in [7, 11) is -2.99. The number of sulfone groups is 1. The highest BCUT2D eigenvalue weighted by atomic mass is 32.2. The monoisotopic (exact) mass is 410 g/mol. The minimum absolute atomic E-state index is 0.0216. The number of benzene rings is 1. The molecule has 1 aliphatic heterocycles. The SMILES string of the molecule is CCN(C(=O)CSc1nc(-c2ccc(C)cc2)cs1)[C@H]1CCS(=O)(=O)C1. The van der Waals surface area contributed by atoms with Crippen molar-refractivity contribution in [2.45, 2.75) is 30.6 Å². The van der Waals surface area contributed by atoms with Crippen molar-refractivity contribution in [1.82, 2.24) is 9.88 Å². The van der Waals surface area contributed by atoms with E-state index in [9.17, 15) is 13.2 Å². The number of nitrogens with zero attached hydrogens (tertiary/aromatic N) is 2. The summed E-state index contributed by atoms with van der Waals surface area (Å²) in [6.07, 6.45) is 0.543. The lowest BCUT2D eigenvalue weighted by Gasteiger charge is -2.26. The smallest absolute Gasteiger partial charge is 0.233 e. The van der Waals surface area contributed by atoms with Crippen LogP contribution < -0.4 is 0 Å². The number of hydrogen-bond acceptors (Lipinski definition) is 6. The predicted molar refractivity (Wildman–Crippen MR) is 107 cm³/mol. The molecule has 0 unspecified atom stereocenters. The maximum absolute atomic E-state index is 12.5. The number of amides is 1. The van der Waals surface area contributed by atoms with Crippen LogP contribution in [0.3, 0.4) is 0 Å². The number of aromatic nitrogens is 1. The van der Waals surface area contributed by atoms with E-state index >= 15 is 0 Å². The van der Waals surface area contributed by atoms with Crippen molar-refractivity contribution in [3.63, 3.8) is 0 Å². The molecule has 0 radical (unpaired) electrons. The number of hydrogen-bond donors (Lipinski definition) is 0. The van der Waals surface area contributed by atoms with Gasteiger partial charge in [0.05, 0.1) is 23.0 Å². The summed E-state index contributed by atoms with van der Waals surface area (Å²) < 4.78 is 24.2. The molecular weight excluding hydrogens is 388 g/mol. The van der Waals surface area contributed by atoms with E-state index in [0.717, 1.165) is 15.6 Å². The lowest BCUT2D eigenvalue weighted by atomic mass is 10.1. The van der Waals surface area contributed by atoms with Gasteiger partial charge in [0, 0.05) is 23.5 Å². The van der Waals surface area contributed by atoms with Crippen LogP contribution in [0.5, 0.6) is 0 Å². The summed E-state index contributed by atoms with van der Waals surface area (Å²) in [6.45, 7) is 4.48. The lowest BCUT2D eigenvalue weighted by Crippen LogP contribution is -2.41. The van der Waals surface area contributed by atoms with Gasteiger partial charge >= 0.3 is 0 Å². The van der Waals surface area contributed by atoms with Crippen molar-refractivity contribution in [3.8, 4) is 11.3 Å². The van der Waals surface area contributed by atoms with E-state index in [2.05, 4.69) is 17.1 Å². The van der Waals surface area contributed by atoms with Crippen LogP contribution in [-0.2, 0) is 14.6 Å². The van der Waals surface area contributed by atoms with Crippen LogP contribution in [0.4, 0.5) is 0 Å². The maximum Gasteiger partial charge on any atom is 0.233 e. The zero-order valence-electron chi connectivity index (χ0n) is 14.8. The molecular formula is C18H22N2O3S3. The van der Waals surface area contributed by atoms with E-state index in [-0.39, 0.29) is 29.2 Å². The minimum Gasteiger partial charge on any atom is -0.338 e. The van der Waals surface area contributed by atoms with Gasteiger partial charge in [0.25, 0.3) is 0 Å². The molecule has 1 fully saturated rings. The average Bonchev–Trinajstić information content (AvgIpc) is 3.21. The van der Waals surface area contributed by atoms with Crippen LogP contribution >= 0.6 is 23.1 Å². The van der Waals surface area contributed by atoms with Crippen molar-refractivity contribution in [1.29, 1.82) is 0 Å². The molecule has 0 bridgehead atoms. The van der Waals surface area contributed by atoms with Gasteiger partial charge in [0.15, 0.2) is 14.2 Å². The van der Waals surface area contributed by atoms with Crippen molar-refractivity contribution in [3.05, 3.63) is 35.2 Å². The average molecular weight is 411 g/mol. The molecule has 1 atom stereocenters. The zero-order valence-corrected chi connectivity index (χ0v) is 17.3. The standard InChI is InChI=1S/C18H22N2O3S3/c1-3-20(15-8-9-26(22,23)12-15)17(21)11-25-18-19-16(10-24-18)14-6-4-13(2)5-7-14/h4-7,10,15H,3,8-9,11-12H2,1-2H3/t15-/m0/s1. The van der Waals surface area contributed by atoms with Gasteiger partial charge in [0.1, 0.15) is 0 Å². The van der Waals surface area contributed by atoms with Gasteiger partial charge in [0.2, 0.25) is 5.91 Å². The molecule has 0 N–H and O–H groups in total. The number of carbonyl (C=O) groups excluding carboxylic acids is 1. The quantitative estimate of drug-likeness (QED) is 0.684. The number of rotatable bonds is 6. The summed E-state index contributed by atoms with van der Waals surface area (Å²) >= 11 is 2.94. The van der Waals surface area contributed by atoms with Gasteiger partial charge < -0.3 is 4.90 Å². The Labute approximate surface area is 162 Å². The molecule has 1 aliphatic rings. The fourth-order valence-electron chi connectivity index (χ4n) is 3.05. The van der Waals surface area contributed by atoms with Crippen LogP contribution in [0.1, 0.15) is 18.9 Å². The second-order valence-electron chi connectivity index (χ2n) is 6.39. The first kappa shape index (κ1) is 19.4. The van der Waals surface area contributed by atoms with E-state index in [1.807, 2.05) is 31.4 Å². The van der Waals surface area contributed by atoms with E-state index < -0.39 is 9.84 Å². The number of thioether (sulfide) groups is 1. The Morgan fingerprint density at radius 2 is 2.08 bits per heavy atom. The van der Waals surface area contributed by atoms with Crippen LogP contribution in [0.15, 0.2) is 34.0 Å². The molecule has 1 amide bonds. The molecule has 140 valence electrons. The second kappa shape index (κ2) is 8.10. The van der Waals surface area contributed by atoms with Gasteiger partial charge in [-0.05, 0) is 20.3 Å². The first-order valence-corrected chi connectivity index (χ1v) is 12.2. The van der Waals surface area contributed by atoms with Crippen LogP contribution in [0.2, 0.25) is 0 Å². The minimum atomic E-state index is -2.99. The van der Waals surface area contributed by atoms with Crippen LogP contribution in [-0.4, -0.2) is 54.1 Å². The molecule has 26 heavy (non-hydrogen) atoms. The third kappa shape index (κ3) is 4.66. The van der Waals surface area contributed by atoms with Crippen molar-refractivity contribution < 1.29 is 13.2 Å². The second-order valence-corrected chi connectivity index (χ2v) is 10.7. The van der Waals surface area contributed by atoms with E-state index in [0.29, 0.717) is 13.0 Å². The highest BCUT2D eigenvalue weighted by molar-refractivity contribution is 8.01. The molecule has 3 rings (SSSR count). The molecule has 8 heteroatoms. The Kier molecular flexibility index (Phi) is 6.04.